The van der Waals surface area contributed by atoms with Crippen molar-refractivity contribution in [3.63, 3.8) is 0 Å². The number of ether oxygens (including phenoxy) is 1. The van der Waals surface area contributed by atoms with E-state index in [9.17, 15) is 9.59 Å². The second kappa shape index (κ2) is 10.1. The Bertz CT molecular complexity index is 817. The van der Waals surface area contributed by atoms with Crippen LogP contribution in [0.4, 0.5) is 0 Å². The van der Waals surface area contributed by atoms with E-state index in [1.807, 2.05) is 32.0 Å². The number of nitrogens with zero attached hydrogens (tertiary/aromatic N) is 2. The third kappa shape index (κ3) is 5.71. The fourth-order valence-corrected chi connectivity index (χ4v) is 3.22. The zero-order valence-corrected chi connectivity index (χ0v) is 16.1. The molecule has 2 rings (SSSR count). The molecule has 1 heterocycles. The van der Waals surface area contributed by atoms with E-state index >= 15 is 0 Å². The van der Waals surface area contributed by atoms with E-state index in [0.29, 0.717) is 42.2 Å². The number of carbonyl (C=O) groups is 1. The van der Waals surface area contributed by atoms with Gasteiger partial charge in [0, 0.05) is 19.7 Å². The number of para-hydroxylation sites is 1. The molecule has 0 atom stereocenters. The summed E-state index contributed by atoms with van der Waals surface area (Å²) in [4.78, 5) is 29.3. The van der Waals surface area contributed by atoms with E-state index in [1.54, 1.807) is 16.7 Å². The van der Waals surface area contributed by atoms with Crippen LogP contribution in [-0.4, -0.2) is 40.5 Å². The van der Waals surface area contributed by atoms with E-state index in [2.05, 4.69) is 16.9 Å². The number of hydrogen-bond acceptors (Lipinski definition) is 5. The Morgan fingerprint density at radius 2 is 2.19 bits per heavy atom. The number of carbonyl (C=O) groups excluding carboxylic acids is 1. The average molecular weight is 375 g/mol. The van der Waals surface area contributed by atoms with Gasteiger partial charge >= 0.3 is 0 Å². The molecule has 0 aliphatic rings. The number of benzene rings is 1. The number of amides is 1. The lowest BCUT2D eigenvalue weighted by Crippen LogP contribution is -2.27. The van der Waals surface area contributed by atoms with E-state index in [1.165, 1.54) is 11.8 Å². The molecule has 0 aliphatic carbocycles. The summed E-state index contributed by atoms with van der Waals surface area (Å²) in [6.45, 7) is 9.02. The van der Waals surface area contributed by atoms with Gasteiger partial charge in [0.2, 0.25) is 5.91 Å². The van der Waals surface area contributed by atoms with Gasteiger partial charge in [-0.3, -0.25) is 14.2 Å². The first-order chi connectivity index (χ1) is 12.5. The quantitative estimate of drug-likeness (QED) is 0.299. The van der Waals surface area contributed by atoms with Crippen LogP contribution in [0.2, 0.25) is 0 Å². The first-order valence-corrected chi connectivity index (χ1v) is 9.63. The maximum Gasteiger partial charge on any atom is 0.262 e. The standard InChI is InChI=1S/C19H25N3O3S/c1-4-10-20-17(23)13-26-19-21-16-9-6-5-8-15(16)18(24)22(19)11-7-12-25-14(2)3/h4-6,8-9,14H,1,7,10-13H2,2-3H3,(H,20,23). The van der Waals surface area contributed by atoms with Crippen molar-refractivity contribution in [2.45, 2.75) is 38.1 Å². The fraction of sp³-hybridized carbons (Fsp3) is 0.421. The maximum absolute atomic E-state index is 12.8. The van der Waals surface area contributed by atoms with Gasteiger partial charge in [-0.15, -0.1) is 6.58 Å². The molecule has 0 radical (unpaired) electrons. The summed E-state index contributed by atoms with van der Waals surface area (Å²) in [5.74, 6) is 0.0770. The van der Waals surface area contributed by atoms with Gasteiger partial charge in [-0.1, -0.05) is 30.0 Å². The Morgan fingerprint density at radius 3 is 2.92 bits per heavy atom. The van der Waals surface area contributed by atoms with Crippen LogP contribution in [0.15, 0.2) is 46.9 Å². The summed E-state index contributed by atoms with van der Waals surface area (Å²) in [5.41, 5.74) is 0.551. The summed E-state index contributed by atoms with van der Waals surface area (Å²) in [6.07, 6.45) is 2.49. The minimum atomic E-state index is -0.119. The van der Waals surface area contributed by atoms with Crippen molar-refractivity contribution in [2.24, 2.45) is 0 Å². The summed E-state index contributed by atoms with van der Waals surface area (Å²) in [6, 6.07) is 7.26. The molecule has 6 nitrogen and oxygen atoms in total. The summed E-state index contributed by atoms with van der Waals surface area (Å²) >= 11 is 1.26. The van der Waals surface area contributed by atoms with Gasteiger partial charge in [-0.2, -0.15) is 0 Å². The molecule has 1 N–H and O–H groups in total. The predicted octanol–water partition coefficient (Wildman–Crippen LogP) is 2.61. The van der Waals surface area contributed by atoms with Gasteiger partial charge in [0.15, 0.2) is 5.16 Å². The van der Waals surface area contributed by atoms with Crippen LogP contribution < -0.4 is 10.9 Å². The van der Waals surface area contributed by atoms with Crippen LogP contribution in [0.1, 0.15) is 20.3 Å². The molecule has 26 heavy (non-hydrogen) atoms. The lowest BCUT2D eigenvalue weighted by Gasteiger charge is -2.14. The largest absolute Gasteiger partial charge is 0.379 e. The van der Waals surface area contributed by atoms with Gasteiger partial charge < -0.3 is 10.1 Å². The normalized spacial score (nSPS) is 11.0. The molecule has 1 aromatic carbocycles. The van der Waals surface area contributed by atoms with E-state index in [0.717, 1.165) is 0 Å². The molecule has 0 unspecified atom stereocenters. The van der Waals surface area contributed by atoms with Crippen molar-refractivity contribution in [2.75, 3.05) is 18.9 Å². The van der Waals surface area contributed by atoms with Crippen molar-refractivity contribution >= 4 is 28.6 Å². The van der Waals surface area contributed by atoms with E-state index in [-0.39, 0.29) is 23.3 Å². The highest BCUT2D eigenvalue weighted by Gasteiger charge is 2.13. The summed E-state index contributed by atoms with van der Waals surface area (Å²) < 4.78 is 7.19. The lowest BCUT2D eigenvalue weighted by molar-refractivity contribution is -0.118. The molecule has 0 bridgehead atoms. The second-order valence-corrected chi connectivity index (χ2v) is 6.97. The van der Waals surface area contributed by atoms with Gasteiger partial charge in [-0.05, 0) is 32.4 Å². The van der Waals surface area contributed by atoms with Crippen LogP contribution in [0.3, 0.4) is 0 Å². The van der Waals surface area contributed by atoms with Crippen molar-refractivity contribution in [3.8, 4) is 0 Å². The van der Waals surface area contributed by atoms with E-state index in [4.69, 9.17) is 4.74 Å². The molecule has 2 aromatic rings. The van der Waals surface area contributed by atoms with Crippen LogP contribution >= 0.6 is 11.8 Å². The monoisotopic (exact) mass is 375 g/mol. The first-order valence-electron chi connectivity index (χ1n) is 8.64. The molecular weight excluding hydrogens is 350 g/mol. The predicted molar refractivity (Wildman–Crippen MR) is 106 cm³/mol. The Labute approximate surface area is 157 Å². The minimum absolute atomic E-state index is 0.0888. The fourth-order valence-electron chi connectivity index (χ4n) is 2.36. The summed E-state index contributed by atoms with van der Waals surface area (Å²) in [7, 11) is 0. The Kier molecular flexibility index (Phi) is 7.87. The van der Waals surface area contributed by atoms with Crippen LogP contribution in [0.25, 0.3) is 10.9 Å². The zero-order valence-electron chi connectivity index (χ0n) is 15.2. The Morgan fingerprint density at radius 1 is 1.42 bits per heavy atom. The number of thioether (sulfide) groups is 1. The topological polar surface area (TPSA) is 73.2 Å². The van der Waals surface area contributed by atoms with Gasteiger partial charge in [0.25, 0.3) is 5.56 Å². The number of fused-ring (bicyclic) bond motifs is 1. The maximum atomic E-state index is 12.8. The molecular formula is C19H25N3O3S. The zero-order chi connectivity index (χ0) is 18.9. The molecule has 0 aliphatic heterocycles. The molecule has 140 valence electrons. The highest BCUT2D eigenvalue weighted by atomic mass is 32.2. The molecule has 0 fully saturated rings. The minimum Gasteiger partial charge on any atom is -0.379 e. The number of hydrogen-bond donors (Lipinski definition) is 1. The Hall–Kier alpha value is -2.12. The van der Waals surface area contributed by atoms with Gasteiger partial charge in [-0.25, -0.2) is 4.98 Å². The highest BCUT2D eigenvalue weighted by molar-refractivity contribution is 7.99. The molecule has 0 saturated heterocycles. The molecule has 7 heteroatoms. The van der Waals surface area contributed by atoms with Gasteiger partial charge in [0.05, 0.1) is 22.8 Å². The third-order valence-corrected chi connectivity index (χ3v) is 4.56. The number of nitrogens with one attached hydrogen (secondary N) is 1. The number of aromatic nitrogens is 2. The molecule has 0 saturated carbocycles. The van der Waals surface area contributed by atoms with Gasteiger partial charge in [0.1, 0.15) is 0 Å². The molecule has 1 amide bonds. The second-order valence-electron chi connectivity index (χ2n) is 6.02. The average Bonchev–Trinajstić information content (AvgIpc) is 2.63. The smallest absolute Gasteiger partial charge is 0.262 e. The third-order valence-electron chi connectivity index (χ3n) is 3.58. The highest BCUT2D eigenvalue weighted by Crippen LogP contribution is 2.18. The van der Waals surface area contributed by atoms with E-state index < -0.39 is 0 Å². The van der Waals surface area contributed by atoms with Crippen LogP contribution in [-0.2, 0) is 16.1 Å². The number of rotatable bonds is 10. The molecule has 0 spiro atoms. The van der Waals surface area contributed by atoms with Crippen LogP contribution in [0.5, 0.6) is 0 Å². The first kappa shape index (κ1) is 20.2. The summed E-state index contributed by atoms with van der Waals surface area (Å²) in [5, 5.41) is 3.85. The SMILES string of the molecule is C=CCNC(=O)CSc1nc2ccccc2c(=O)n1CCCOC(C)C. The molecule has 1 aromatic heterocycles. The lowest BCUT2D eigenvalue weighted by atomic mass is 10.2. The Balaban J connectivity index is 2.21. The van der Waals surface area contributed by atoms with Crippen LogP contribution in [0, 0.1) is 0 Å². The van der Waals surface area contributed by atoms with Crippen molar-refractivity contribution in [3.05, 3.63) is 47.3 Å². The van der Waals surface area contributed by atoms with Crippen molar-refractivity contribution in [1.82, 2.24) is 14.9 Å². The van der Waals surface area contributed by atoms with Crippen molar-refractivity contribution < 1.29 is 9.53 Å². The van der Waals surface area contributed by atoms with Crippen molar-refractivity contribution in [1.29, 1.82) is 0 Å².